The van der Waals surface area contributed by atoms with Crippen LogP contribution in [0.3, 0.4) is 0 Å². The van der Waals surface area contributed by atoms with Gasteiger partial charge < -0.3 is 10.6 Å². The zero-order valence-corrected chi connectivity index (χ0v) is 12.1. The van der Waals surface area contributed by atoms with Crippen molar-refractivity contribution in [3.05, 3.63) is 29.3 Å². The second-order valence-corrected chi connectivity index (χ2v) is 5.59. The standard InChI is InChI=1S/C15H22N2S/c1-11-7-6-10-14(12(11)2)17-15(18)16-13-8-4-3-5-9-13/h6-7,10,13H,3-5,8-9H2,1-2H3,(H2,16,17,18). The number of thiocarbonyl (C=S) groups is 1. The molecule has 0 radical (unpaired) electrons. The topological polar surface area (TPSA) is 24.1 Å². The first-order valence-electron chi connectivity index (χ1n) is 6.80. The molecule has 1 aliphatic carbocycles. The summed E-state index contributed by atoms with van der Waals surface area (Å²) in [6.07, 6.45) is 6.51. The lowest BCUT2D eigenvalue weighted by Gasteiger charge is -2.24. The van der Waals surface area contributed by atoms with Crippen molar-refractivity contribution < 1.29 is 0 Å². The van der Waals surface area contributed by atoms with Gasteiger partial charge in [0.05, 0.1) is 0 Å². The Hall–Kier alpha value is -1.09. The molecule has 98 valence electrons. The van der Waals surface area contributed by atoms with Gasteiger partial charge in [-0.05, 0) is 56.1 Å². The summed E-state index contributed by atoms with van der Waals surface area (Å²) in [5, 5.41) is 7.51. The van der Waals surface area contributed by atoms with Gasteiger partial charge in [0.2, 0.25) is 0 Å². The van der Waals surface area contributed by atoms with E-state index in [1.54, 1.807) is 0 Å². The Balaban J connectivity index is 1.92. The molecule has 0 aliphatic heterocycles. The molecule has 1 aromatic rings. The molecular weight excluding hydrogens is 240 g/mol. The van der Waals surface area contributed by atoms with Crippen molar-refractivity contribution in [2.75, 3.05) is 5.32 Å². The molecule has 1 aromatic carbocycles. The van der Waals surface area contributed by atoms with Crippen LogP contribution in [-0.4, -0.2) is 11.2 Å². The van der Waals surface area contributed by atoms with E-state index in [1.807, 2.05) is 0 Å². The van der Waals surface area contributed by atoms with Crippen molar-refractivity contribution in [2.45, 2.75) is 52.0 Å². The Morgan fingerprint density at radius 1 is 1.17 bits per heavy atom. The Morgan fingerprint density at radius 3 is 2.61 bits per heavy atom. The molecule has 18 heavy (non-hydrogen) atoms. The minimum atomic E-state index is 0.559. The van der Waals surface area contributed by atoms with E-state index in [2.05, 4.69) is 42.7 Å². The molecule has 2 nitrogen and oxygen atoms in total. The summed E-state index contributed by atoms with van der Waals surface area (Å²) in [5.41, 5.74) is 3.68. The number of nitrogens with one attached hydrogen (secondary N) is 2. The van der Waals surface area contributed by atoms with Crippen molar-refractivity contribution in [1.29, 1.82) is 0 Å². The normalized spacial score (nSPS) is 16.3. The number of rotatable bonds is 2. The molecule has 2 rings (SSSR count). The monoisotopic (exact) mass is 262 g/mol. The highest BCUT2D eigenvalue weighted by Crippen LogP contribution is 2.19. The van der Waals surface area contributed by atoms with E-state index in [-0.39, 0.29) is 0 Å². The molecule has 0 bridgehead atoms. The van der Waals surface area contributed by atoms with Crippen molar-refractivity contribution >= 4 is 23.0 Å². The van der Waals surface area contributed by atoms with Crippen LogP contribution in [0.1, 0.15) is 43.2 Å². The molecule has 1 aliphatic rings. The predicted octanol–water partition coefficient (Wildman–Crippen LogP) is 3.92. The van der Waals surface area contributed by atoms with E-state index >= 15 is 0 Å². The third kappa shape index (κ3) is 3.45. The van der Waals surface area contributed by atoms with Crippen LogP contribution in [-0.2, 0) is 0 Å². The van der Waals surface area contributed by atoms with Crippen molar-refractivity contribution in [3.8, 4) is 0 Å². The van der Waals surface area contributed by atoms with E-state index in [0.29, 0.717) is 6.04 Å². The third-order valence-electron chi connectivity index (χ3n) is 3.79. The first-order valence-corrected chi connectivity index (χ1v) is 7.21. The highest BCUT2D eigenvalue weighted by atomic mass is 32.1. The highest BCUT2D eigenvalue weighted by Gasteiger charge is 2.14. The van der Waals surface area contributed by atoms with Gasteiger partial charge in [0, 0.05) is 11.7 Å². The zero-order chi connectivity index (χ0) is 13.0. The van der Waals surface area contributed by atoms with Gasteiger partial charge in [0.15, 0.2) is 5.11 Å². The third-order valence-corrected chi connectivity index (χ3v) is 4.01. The van der Waals surface area contributed by atoms with Crippen molar-refractivity contribution in [3.63, 3.8) is 0 Å². The van der Waals surface area contributed by atoms with Gasteiger partial charge in [-0.25, -0.2) is 0 Å². The molecule has 0 atom stereocenters. The zero-order valence-electron chi connectivity index (χ0n) is 11.3. The minimum absolute atomic E-state index is 0.559. The fourth-order valence-corrected chi connectivity index (χ4v) is 2.75. The van der Waals surface area contributed by atoms with Crippen LogP contribution in [0.5, 0.6) is 0 Å². The number of anilines is 1. The SMILES string of the molecule is Cc1cccc(NC(=S)NC2CCCCC2)c1C. The fourth-order valence-electron chi connectivity index (χ4n) is 2.48. The van der Waals surface area contributed by atoms with Crippen molar-refractivity contribution in [2.24, 2.45) is 0 Å². The molecule has 0 heterocycles. The summed E-state index contributed by atoms with van der Waals surface area (Å²) in [6, 6.07) is 6.83. The van der Waals surface area contributed by atoms with Crippen LogP contribution in [0.2, 0.25) is 0 Å². The number of aryl methyl sites for hydroxylation is 1. The van der Waals surface area contributed by atoms with E-state index in [4.69, 9.17) is 12.2 Å². The van der Waals surface area contributed by atoms with Crippen LogP contribution in [0.15, 0.2) is 18.2 Å². The van der Waals surface area contributed by atoms with Gasteiger partial charge in [0.25, 0.3) is 0 Å². The Labute approximate surface area is 115 Å². The maximum atomic E-state index is 5.40. The van der Waals surface area contributed by atoms with Crippen LogP contribution in [0.25, 0.3) is 0 Å². The van der Waals surface area contributed by atoms with Gasteiger partial charge in [-0.3, -0.25) is 0 Å². The van der Waals surface area contributed by atoms with E-state index in [9.17, 15) is 0 Å². The lowest BCUT2D eigenvalue weighted by Crippen LogP contribution is -2.38. The molecule has 2 N–H and O–H groups in total. The molecule has 0 aromatic heterocycles. The Morgan fingerprint density at radius 2 is 1.89 bits per heavy atom. The van der Waals surface area contributed by atoms with Crippen LogP contribution >= 0.6 is 12.2 Å². The smallest absolute Gasteiger partial charge is 0.171 e. The molecule has 0 spiro atoms. The van der Waals surface area contributed by atoms with Crippen LogP contribution in [0, 0.1) is 13.8 Å². The van der Waals surface area contributed by atoms with Gasteiger partial charge in [-0.1, -0.05) is 31.4 Å². The lowest BCUT2D eigenvalue weighted by molar-refractivity contribution is 0.415. The Bertz CT molecular complexity index is 423. The second kappa shape index (κ2) is 6.19. The summed E-state index contributed by atoms with van der Waals surface area (Å²) >= 11 is 5.40. The molecule has 3 heteroatoms. The molecule has 0 unspecified atom stereocenters. The van der Waals surface area contributed by atoms with Gasteiger partial charge >= 0.3 is 0 Å². The summed E-state index contributed by atoms with van der Waals surface area (Å²) in [7, 11) is 0. The summed E-state index contributed by atoms with van der Waals surface area (Å²) in [6.45, 7) is 4.25. The fraction of sp³-hybridized carbons (Fsp3) is 0.533. The van der Waals surface area contributed by atoms with Gasteiger partial charge in [-0.2, -0.15) is 0 Å². The van der Waals surface area contributed by atoms with Gasteiger partial charge in [0.1, 0.15) is 0 Å². The Kier molecular flexibility index (Phi) is 4.59. The maximum Gasteiger partial charge on any atom is 0.171 e. The van der Waals surface area contributed by atoms with E-state index in [1.165, 1.54) is 43.2 Å². The minimum Gasteiger partial charge on any atom is -0.360 e. The van der Waals surface area contributed by atoms with Gasteiger partial charge in [-0.15, -0.1) is 0 Å². The molecule has 0 saturated heterocycles. The van der Waals surface area contributed by atoms with Crippen LogP contribution in [0.4, 0.5) is 5.69 Å². The average Bonchev–Trinajstić information content (AvgIpc) is 2.36. The first-order chi connectivity index (χ1) is 8.66. The average molecular weight is 262 g/mol. The largest absolute Gasteiger partial charge is 0.360 e. The molecule has 0 amide bonds. The predicted molar refractivity (Wildman–Crippen MR) is 82.1 cm³/mol. The summed E-state index contributed by atoms with van der Waals surface area (Å²) in [5.74, 6) is 0. The highest BCUT2D eigenvalue weighted by molar-refractivity contribution is 7.80. The number of hydrogen-bond donors (Lipinski definition) is 2. The van der Waals surface area contributed by atoms with E-state index in [0.717, 1.165) is 10.8 Å². The summed E-state index contributed by atoms with van der Waals surface area (Å²) in [4.78, 5) is 0. The second-order valence-electron chi connectivity index (χ2n) is 5.18. The van der Waals surface area contributed by atoms with Crippen LogP contribution < -0.4 is 10.6 Å². The quantitative estimate of drug-likeness (QED) is 0.790. The lowest BCUT2D eigenvalue weighted by atomic mass is 9.96. The summed E-state index contributed by atoms with van der Waals surface area (Å²) < 4.78 is 0. The first kappa shape index (κ1) is 13.3. The molecular formula is C15H22N2S. The molecule has 1 saturated carbocycles. The molecule has 1 fully saturated rings. The maximum absolute atomic E-state index is 5.40. The number of benzene rings is 1. The number of hydrogen-bond acceptors (Lipinski definition) is 1. The van der Waals surface area contributed by atoms with Crippen molar-refractivity contribution in [1.82, 2.24) is 5.32 Å². The van der Waals surface area contributed by atoms with E-state index < -0.39 is 0 Å².